The molecule has 1 aromatic heterocycles. The van der Waals surface area contributed by atoms with Crippen LogP contribution < -0.4 is 19.9 Å². The van der Waals surface area contributed by atoms with E-state index in [2.05, 4.69) is 4.98 Å². The van der Waals surface area contributed by atoms with E-state index in [4.69, 9.17) is 14.3 Å². The predicted molar refractivity (Wildman–Crippen MR) is 122 cm³/mol. The predicted octanol–water partition coefficient (Wildman–Crippen LogP) is 4.35. The fourth-order valence-electron chi connectivity index (χ4n) is 2.94. The molecule has 0 atom stereocenters. The van der Waals surface area contributed by atoms with Crippen molar-refractivity contribution < 1.29 is 23.1 Å². The van der Waals surface area contributed by atoms with Crippen LogP contribution in [0.5, 0.6) is 11.5 Å². The molecule has 4 rings (SSSR count). The van der Waals surface area contributed by atoms with Gasteiger partial charge in [-0.3, -0.25) is 4.79 Å². The molecule has 9 heteroatoms. The van der Waals surface area contributed by atoms with Crippen molar-refractivity contribution in [2.24, 2.45) is 0 Å². The Morgan fingerprint density at radius 3 is 2.06 bits per heavy atom. The van der Waals surface area contributed by atoms with E-state index in [0.29, 0.717) is 39.9 Å². The third-order valence-electron chi connectivity index (χ3n) is 4.49. The minimum absolute atomic E-state index is 0.0803. The Balaban J connectivity index is 1.41. The lowest BCUT2D eigenvalue weighted by Crippen LogP contribution is -2.32. The summed E-state index contributed by atoms with van der Waals surface area (Å²) in [5, 5.41) is 0.812. The van der Waals surface area contributed by atoms with Gasteiger partial charge in [-0.1, -0.05) is 23.9 Å². The van der Waals surface area contributed by atoms with Crippen molar-refractivity contribution in [1.29, 1.82) is 0 Å². The number of para-hydroxylation sites is 1. The van der Waals surface area contributed by atoms with Crippen LogP contribution in [0.25, 0.3) is 10.9 Å². The third kappa shape index (κ3) is 6.01. The molecule has 0 bridgehead atoms. The molecular formula is C24H20F2N2O4S. The Bertz CT molecular complexity index is 1260. The standard InChI is InChI=1S/C24H20F2N2O4S/c25-17-5-9-19(10-6-17)30-13-14-32-28-23(29)21-3-1-2-4-22(21)27-24(28)33-16-15-31-20-11-7-18(26)8-12-20/h1-12H,13-16H2. The molecule has 1 heterocycles. The fraction of sp³-hybridized carbons (Fsp3) is 0.167. The number of hydrogen-bond acceptors (Lipinski definition) is 6. The largest absolute Gasteiger partial charge is 0.493 e. The average Bonchev–Trinajstić information content (AvgIpc) is 2.83. The highest BCUT2D eigenvalue weighted by atomic mass is 32.2. The second kappa shape index (κ2) is 10.8. The Kier molecular flexibility index (Phi) is 7.41. The van der Waals surface area contributed by atoms with E-state index in [9.17, 15) is 13.6 Å². The van der Waals surface area contributed by atoms with Crippen LogP contribution in [0.15, 0.2) is 82.7 Å². The first-order chi connectivity index (χ1) is 16.1. The number of benzene rings is 3. The van der Waals surface area contributed by atoms with Gasteiger partial charge in [0.25, 0.3) is 5.56 Å². The zero-order valence-corrected chi connectivity index (χ0v) is 18.3. The summed E-state index contributed by atoms with van der Waals surface area (Å²) in [4.78, 5) is 23.2. The maximum absolute atomic E-state index is 13.0. The summed E-state index contributed by atoms with van der Waals surface area (Å²) in [6.45, 7) is 0.562. The van der Waals surface area contributed by atoms with E-state index in [-0.39, 0.29) is 30.4 Å². The van der Waals surface area contributed by atoms with E-state index in [1.165, 1.54) is 48.2 Å². The Hall–Kier alpha value is -3.59. The molecule has 0 N–H and O–H groups in total. The molecule has 0 amide bonds. The topological polar surface area (TPSA) is 62.6 Å². The van der Waals surface area contributed by atoms with Crippen LogP contribution in [-0.4, -0.2) is 35.3 Å². The molecule has 0 spiro atoms. The second-order valence-corrected chi connectivity index (χ2v) is 7.86. The normalized spacial score (nSPS) is 10.8. The molecule has 0 aliphatic heterocycles. The molecule has 0 saturated carbocycles. The van der Waals surface area contributed by atoms with E-state index in [1.807, 2.05) is 6.07 Å². The van der Waals surface area contributed by atoms with Crippen molar-refractivity contribution in [3.63, 3.8) is 0 Å². The zero-order chi connectivity index (χ0) is 23.0. The molecule has 0 aliphatic carbocycles. The molecule has 0 radical (unpaired) electrons. The number of aromatic nitrogens is 2. The maximum atomic E-state index is 13.0. The highest BCUT2D eigenvalue weighted by molar-refractivity contribution is 7.99. The van der Waals surface area contributed by atoms with Gasteiger partial charge in [-0.2, -0.15) is 0 Å². The summed E-state index contributed by atoms with van der Waals surface area (Å²) in [6, 6.07) is 18.4. The molecule has 3 aromatic carbocycles. The van der Waals surface area contributed by atoms with Gasteiger partial charge in [0.05, 0.1) is 17.5 Å². The number of hydrogen-bond donors (Lipinski definition) is 0. The molecule has 0 fully saturated rings. The van der Waals surface area contributed by atoms with Gasteiger partial charge in [0.15, 0.2) is 0 Å². The van der Waals surface area contributed by atoms with Gasteiger partial charge in [-0.25, -0.2) is 13.8 Å². The Morgan fingerprint density at radius 2 is 1.39 bits per heavy atom. The van der Waals surface area contributed by atoms with Crippen molar-refractivity contribution in [1.82, 2.24) is 9.71 Å². The molecule has 6 nitrogen and oxygen atoms in total. The molecule has 0 unspecified atom stereocenters. The van der Waals surface area contributed by atoms with Crippen LogP contribution >= 0.6 is 11.8 Å². The number of thioether (sulfide) groups is 1. The summed E-state index contributed by atoms with van der Waals surface area (Å²) >= 11 is 1.30. The van der Waals surface area contributed by atoms with Crippen LogP contribution in [0.4, 0.5) is 8.78 Å². The Labute approximate surface area is 192 Å². The summed E-state index contributed by atoms with van der Waals surface area (Å²) in [5.74, 6) is 0.850. The fourth-order valence-corrected chi connectivity index (χ4v) is 3.71. The molecule has 0 saturated heterocycles. The Morgan fingerprint density at radius 1 is 0.788 bits per heavy atom. The first-order valence-electron chi connectivity index (χ1n) is 10.1. The van der Waals surface area contributed by atoms with Gasteiger partial charge in [-0.15, -0.1) is 4.73 Å². The molecule has 4 aromatic rings. The second-order valence-electron chi connectivity index (χ2n) is 6.80. The summed E-state index contributed by atoms with van der Waals surface area (Å²) in [5.41, 5.74) is 0.233. The molecule has 33 heavy (non-hydrogen) atoms. The molecular weight excluding hydrogens is 450 g/mol. The lowest BCUT2D eigenvalue weighted by atomic mass is 10.2. The SMILES string of the molecule is O=c1c2ccccc2nc(SCCOc2ccc(F)cc2)n1OCCOc1ccc(F)cc1. The van der Waals surface area contributed by atoms with E-state index in [0.717, 1.165) is 4.73 Å². The van der Waals surface area contributed by atoms with Gasteiger partial charge in [0, 0.05) is 5.75 Å². The van der Waals surface area contributed by atoms with Gasteiger partial charge >= 0.3 is 0 Å². The first kappa shape index (κ1) is 22.6. The lowest BCUT2D eigenvalue weighted by molar-refractivity contribution is 0.0581. The summed E-state index contributed by atoms with van der Waals surface area (Å²) < 4.78 is 38.3. The minimum Gasteiger partial charge on any atom is -0.493 e. The van der Waals surface area contributed by atoms with Crippen molar-refractivity contribution in [3.05, 3.63) is 94.8 Å². The van der Waals surface area contributed by atoms with Crippen molar-refractivity contribution in [2.75, 3.05) is 25.6 Å². The van der Waals surface area contributed by atoms with Crippen molar-refractivity contribution in [2.45, 2.75) is 5.16 Å². The zero-order valence-electron chi connectivity index (χ0n) is 17.4. The highest BCUT2D eigenvalue weighted by Gasteiger charge is 2.13. The van der Waals surface area contributed by atoms with Crippen molar-refractivity contribution in [3.8, 4) is 11.5 Å². The lowest BCUT2D eigenvalue weighted by Gasteiger charge is -2.14. The number of rotatable bonds is 10. The number of halogens is 2. The maximum Gasteiger partial charge on any atom is 0.295 e. The van der Waals surface area contributed by atoms with Crippen LogP contribution in [0, 0.1) is 11.6 Å². The van der Waals surface area contributed by atoms with Gasteiger partial charge < -0.3 is 14.3 Å². The summed E-state index contributed by atoms with van der Waals surface area (Å²) in [7, 11) is 0. The van der Waals surface area contributed by atoms with E-state index in [1.54, 1.807) is 30.3 Å². The highest BCUT2D eigenvalue weighted by Crippen LogP contribution is 2.18. The van der Waals surface area contributed by atoms with Gasteiger partial charge in [0.2, 0.25) is 5.16 Å². The van der Waals surface area contributed by atoms with Crippen LogP contribution in [-0.2, 0) is 0 Å². The van der Waals surface area contributed by atoms with Crippen LogP contribution in [0.1, 0.15) is 0 Å². The summed E-state index contributed by atoms with van der Waals surface area (Å²) in [6.07, 6.45) is 0. The molecule has 0 aliphatic rings. The quantitative estimate of drug-likeness (QED) is 0.195. The van der Waals surface area contributed by atoms with Gasteiger partial charge in [0.1, 0.15) is 36.3 Å². The van der Waals surface area contributed by atoms with Crippen LogP contribution in [0.3, 0.4) is 0 Å². The number of fused-ring (bicyclic) bond motifs is 1. The van der Waals surface area contributed by atoms with E-state index < -0.39 is 0 Å². The monoisotopic (exact) mass is 470 g/mol. The van der Waals surface area contributed by atoms with Crippen molar-refractivity contribution >= 4 is 22.7 Å². The first-order valence-corrected chi connectivity index (χ1v) is 11.1. The van der Waals surface area contributed by atoms with Gasteiger partial charge in [-0.05, 0) is 60.7 Å². The number of nitrogens with zero attached hydrogens (tertiary/aromatic N) is 2. The van der Waals surface area contributed by atoms with E-state index >= 15 is 0 Å². The average molecular weight is 470 g/mol. The minimum atomic E-state index is -0.350. The number of ether oxygens (including phenoxy) is 2. The third-order valence-corrected chi connectivity index (χ3v) is 5.38. The van der Waals surface area contributed by atoms with Crippen LogP contribution in [0.2, 0.25) is 0 Å². The smallest absolute Gasteiger partial charge is 0.295 e. The molecule has 170 valence electrons.